The van der Waals surface area contributed by atoms with Crippen molar-refractivity contribution in [3.05, 3.63) is 19.2 Å². The zero-order chi connectivity index (χ0) is 13.3. The largest absolute Gasteiger partial charge is 0.121 e. The van der Waals surface area contributed by atoms with Gasteiger partial charge >= 0.3 is 0 Å². The first kappa shape index (κ1) is 15.3. The summed E-state index contributed by atoms with van der Waals surface area (Å²) in [6.45, 7) is 4.62. The fraction of sp³-hybridized carbons (Fsp3) is 0.714. The van der Waals surface area contributed by atoms with Gasteiger partial charge in [0, 0.05) is 0 Å². The third-order valence-electron chi connectivity index (χ3n) is 3.91. The van der Waals surface area contributed by atoms with Crippen molar-refractivity contribution in [3.63, 3.8) is 0 Å². The Morgan fingerprint density at radius 1 is 1.33 bits per heavy atom. The Balaban J connectivity index is 2.28. The maximum Gasteiger partial charge on any atom is 0.0757 e. The average molecular weight is 415 g/mol. The second-order valence-electron chi connectivity index (χ2n) is 5.81. The van der Waals surface area contributed by atoms with Gasteiger partial charge in [0.15, 0.2) is 0 Å². The summed E-state index contributed by atoms with van der Waals surface area (Å²) in [4.78, 5) is 0. The zero-order valence-corrected chi connectivity index (χ0v) is 15.6. The predicted octanol–water partition coefficient (Wildman–Crippen LogP) is 7.16. The number of rotatable bonds is 4. The molecule has 1 atom stereocenters. The Morgan fingerprint density at radius 2 is 1.94 bits per heavy atom. The molecular weight excluding hydrogens is 395 g/mol. The molecule has 1 heterocycles. The average Bonchev–Trinajstić information content (AvgIpc) is 2.84. The third kappa shape index (κ3) is 3.16. The Bertz CT molecular complexity index is 408. The van der Waals surface area contributed by atoms with E-state index in [2.05, 4.69) is 51.8 Å². The molecule has 0 saturated heterocycles. The molecule has 0 aromatic carbocycles. The van der Waals surface area contributed by atoms with Gasteiger partial charge in [-0.05, 0) is 74.1 Å². The van der Waals surface area contributed by atoms with Gasteiger partial charge in [-0.15, -0.1) is 22.9 Å². The third-order valence-corrected chi connectivity index (χ3v) is 6.99. The van der Waals surface area contributed by atoms with E-state index in [4.69, 9.17) is 11.6 Å². The van der Waals surface area contributed by atoms with Crippen molar-refractivity contribution in [2.24, 2.45) is 11.3 Å². The minimum atomic E-state index is 0.138. The molecule has 1 unspecified atom stereocenters. The molecule has 0 bridgehead atoms. The predicted molar refractivity (Wildman–Crippen MR) is 88.7 cm³/mol. The molecule has 0 nitrogen and oxygen atoms in total. The van der Waals surface area contributed by atoms with E-state index in [1.165, 1.54) is 41.5 Å². The van der Waals surface area contributed by atoms with Crippen LogP contribution < -0.4 is 0 Å². The van der Waals surface area contributed by atoms with Crippen molar-refractivity contribution in [1.82, 2.24) is 0 Å². The summed E-state index contributed by atoms with van der Waals surface area (Å²) >= 11 is 15.8. The molecule has 0 aliphatic heterocycles. The lowest BCUT2D eigenvalue weighted by molar-refractivity contribution is 0.223. The van der Waals surface area contributed by atoms with Gasteiger partial charge in [-0.1, -0.05) is 26.7 Å². The number of hydrogen-bond acceptors (Lipinski definition) is 1. The van der Waals surface area contributed by atoms with E-state index in [1.807, 2.05) is 0 Å². The first-order valence-corrected chi connectivity index (χ1v) is 9.37. The van der Waals surface area contributed by atoms with E-state index in [9.17, 15) is 0 Å². The summed E-state index contributed by atoms with van der Waals surface area (Å²) in [5.74, 6) is 0.713. The van der Waals surface area contributed by atoms with Gasteiger partial charge in [-0.2, -0.15) is 0 Å². The monoisotopic (exact) mass is 412 g/mol. The Kier molecular flexibility index (Phi) is 5.24. The molecule has 1 aromatic heterocycles. The molecule has 1 aliphatic rings. The number of thiophene rings is 1. The van der Waals surface area contributed by atoms with Gasteiger partial charge in [0.2, 0.25) is 0 Å². The maximum atomic E-state index is 6.89. The van der Waals surface area contributed by atoms with Crippen molar-refractivity contribution >= 4 is 54.8 Å². The summed E-state index contributed by atoms with van der Waals surface area (Å²) in [5.41, 5.74) is 1.58. The minimum absolute atomic E-state index is 0.138. The highest BCUT2D eigenvalue weighted by molar-refractivity contribution is 9.12. The standard InChI is InChI=1S/C14H19Br2ClS/c1-9(2)8-14(5-3-4-6-14)12(17)10-7-11(15)18-13(10)16/h7,9,12H,3-6,8H2,1-2H3. The summed E-state index contributed by atoms with van der Waals surface area (Å²) in [5, 5.41) is 0.138. The molecule has 1 saturated carbocycles. The quantitative estimate of drug-likeness (QED) is 0.459. The van der Waals surface area contributed by atoms with Crippen LogP contribution in [0.4, 0.5) is 0 Å². The van der Waals surface area contributed by atoms with Crippen molar-refractivity contribution < 1.29 is 0 Å². The van der Waals surface area contributed by atoms with Crippen LogP contribution in [-0.4, -0.2) is 0 Å². The Labute approximate surface area is 136 Å². The van der Waals surface area contributed by atoms with Crippen LogP contribution in [0, 0.1) is 11.3 Å². The van der Waals surface area contributed by atoms with Crippen LogP contribution in [0.5, 0.6) is 0 Å². The van der Waals surface area contributed by atoms with Crippen LogP contribution in [0.15, 0.2) is 13.6 Å². The van der Waals surface area contributed by atoms with Crippen molar-refractivity contribution in [2.45, 2.75) is 51.3 Å². The van der Waals surface area contributed by atoms with Gasteiger partial charge in [0.1, 0.15) is 0 Å². The van der Waals surface area contributed by atoms with Gasteiger partial charge in [0.05, 0.1) is 12.9 Å². The molecule has 1 aromatic rings. The van der Waals surface area contributed by atoms with Crippen LogP contribution in [0.25, 0.3) is 0 Å². The molecule has 18 heavy (non-hydrogen) atoms. The van der Waals surface area contributed by atoms with Gasteiger partial charge < -0.3 is 0 Å². The lowest BCUT2D eigenvalue weighted by Crippen LogP contribution is -2.24. The maximum absolute atomic E-state index is 6.89. The number of halogens is 3. The fourth-order valence-corrected chi connectivity index (χ4v) is 6.89. The highest BCUT2D eigenvalue weighted by Gasteiger charge is 2.42. The minimum Gasteiger partial charge on any atom is -0.121 e. The lowest BCUT2D eigenvalue weighted by atomic mass is 9.74. The molecule has 0 spiro atoms. The van der Waals surface area contributed by atoms with Gasteiger partial charge in [-0.25, -0.2) is 0 Å². The van der Waals surface area contributed by atoms with Crippen LogP contribution in [0.3, 0.4) is 0 Å². The smallest absolute Gasteiger partial charge is 0.0757 e. The molecule has 102 valence electrons. The van der Waals surface area contributed by atoms with E-state index in [-0.39, 0.29) is 5.38 Å². The molecule has 0 N–H and O–H groups in total. The van der Waals surface area contributed by atoms with Crippen molar-refractivity contribution in [1.29, 1.82) is 0 Å². The number of alkyl halides is 1. The molecule has 0 radical (unpaired) electrons. The Morgan fingerprint density at radius 3 is 2.39 bits per heavy atom. The second-order valence-corrected chi connectivity index (χ2v) is 10.00. The van der Waals surface area contributed by atoms with Crippen LogP contribution in [0.2, 0.25) is 0 Å². The van der Waals surface area contributed by atoms with E-state index >= 15 is 0 Å². The molecule has 1 aliphatic carbocycles. The van der Waals surface area contributed by atoms with Crippen LogP contribution in [-0.2, 0) is 0 Å². The molecule has 1 fully saturated rings. The van der Waals surface area contributed by atoms with Crippen molar-refractivity contribution in [3.8, 4) is 0 Å². The highest BCUT2D eigenvalue weighted by atomic mass is 79.9. The summed E-state index contributed by atoms with van der Waals surface area (Å²) in [6.07, 6.45) is 6.46. The lowest BCUT2D eigenvalue weighted by Gasteiger charge is -2.35. The number of hydrogen-bond donors (Lipinski definition) is 0. The second kappa shape index (κ2) is 6.15. The summed E-state index contributed by atoms with van der Waals surface area (Å²) in [7, 11) is 0. The van der Waals surface area contributed by atoms with E-state index < -0.39 is 0 Å². The first-order chi connectivity index (χ1) is 8.44. The van der Waals surface area contributed by atoms with Crippen LogP contribution in [0.1, 0.15) is 56.9 Å². The topological polar surface area (TPSA) is 0 Å². The molecule has 0 amide bonds. The summed E-state index contributed by atoms with van der Waals surface area (Å²) < 4.78 is 2.34. The van der Waals surface area contributed by atoms with E-state index in [0.29, 0.717) is 11.3 Å². The van der Waals surface area contributed by atoms with E-state index in [1.54, 1.807) is 11.3 Å². The Hall–Kier alpha value is 0.950. The fourth-order valence-electron chi connectivity index (χ4n) is 3.31. The first-order valence-electron chi connectivity index (χ1n) is 6.53. The molecular formula is C14H19Br2ClS. The van der Waals surface area contributed by atoms with Crippen LogP contribution >= 0.6 is 54.8 Å². The molecule has 2 rings (SSSR count). The van der Waals surface area contributed by atoms with Gasteiger partial charge in [0.25, 0.3) is 0 Å². The zero-order valence-electron chi connectivity index (χ0n) is 10.8. The normalized spacial score (nSPS) is 20.6. The highest BCUT2D eigenvalue weighted by Crippen LogP contribution is 2.56. The van der Waals surface area contributed by atoms with Gasteiger partial charge in [-0.3, -0.25) is 0 Å². The SMILES string of the molecule is CC(C)CC1(C(Cl)c2cc(Br)sc2Br)CCCC1. The van der Waals surface area contributed by atoms with Crippen molar-refractivity contribution in [2.75, 3.05) is 0 Å². The summed E-state index contributed by atoms with van der Waals surface area (Å²) in [6, 6.07) is 2.19. The van der Waals surface area contributed by atoms with E-state index in [0.717, 1.165) is 3.79 Å². The molecule has 4 heteroatoms.